The standard InChI is InChI=1S/C27H33F2N5O3S.C20H20F2N4O3S.C18H16BrF2N3O2S.C18H18F2N4O2S/c1-2-16-38(35,36)19-21-6-7-24(28)27(26(21)29)34-18-25(30-31-34)20-4-3-5-23(17-20)32-10-8-22(9-11-32)33-12-14-37-15-13-33;1-3-10-30(28,29)12-15-6-9-17(21)20(19(15)22)26-11-18(24-25-26)14-4-7-16(8-5-14)23-13(2)27;1-2-8-27(25,26)11-13-6-7-15(20)18(17(13)21)24-10-16(22-23-24)12-4-3-5-14(19)9-12;1-3-8-27(25,26)11-14-6-7-15(19)18(17(14)20)24-10-16(22-23-24)13-5-4-12(2)21-9-13/h3-7,17-18,22H,2,8-16,19H2,1H3;4-9,11H,3,10,12H2,1-2H3,(H,23,27);3-7,9-10H,2,8,11H2,1H3;4-7,9-10H,3,8,11H2,1-2H3. The van der Waals surface area contributed by atoms with Crippen LogP contribution in [0.25, 0.3) is 67.8 Å². The number of carbonyl (C=O) groups is 1. The molecule has 0 aliphatic carbocycles. The van der Waals surface area contributed by atoms with E-state index in [1.54, 1.807) is 88.5 Å². The average Bonchev–Trinajstić information content (AvgIpc) is 1.57. The second-order valence-electron chi connectivity index (χ2n) is 28.9. The molecule has 2 aliphatic heterocycles. The largest absolute Gasteiger partial charge is 0.379 e. The molecule has 7 heterocycles. The Bertz CT molecular complexity index is 6170. The Balaban J connectivity index is 0.000000160. The van der Waals surface area contributed by atoms with Crippen LogP contribution in [0.2, 0.25) is 0 Å². The Morgan fingerprint density at radius 2 is 0.795 bits per heavy atom. The minimum Gasteiger partial charge on any atom is -0.379 e. The molecule has 26 nitrogen and oxygen atoms in total. The minimum absolute atomic E-state index is 0.0600. The van der Waals surface area contributed by atoms with E-state index in [9.17, 15) is 69.2 Å². The quantitative estimate of drug-likeness (QED) is 0.0467. The number of aryl methyl sites for hydroxylation is 1. The summed E-state index contributed by atoms with van der Waals surface area (Å²) in [7, 11) is -14.0. The molecule has 2 fully saturated rings. The lowest BCUT2D eigenvalue weighted by molar-refractivity contribution is -0.114. The third kappa shape index (κ3) is 23.9. The summed E-state index contributed by atoms with van der Waals surface area (Å²) in [5.41, 5.74) is 4.65. The number of nitrogens with zero attached hydrogens (tertiary/aromatic N) is 15. The first kappa shape index (κ1) is 91.9. The number of carbonyl (C=O) groups excluding carboxylic acids is 1. The number of halogens is 9. The maximum atomic E-state index is 15.3. The molecule has 2 aliphatic rings. The predicted octanol–water partition coefficient (Wildman–Crippen LogP) is 14.9. The van der Waals surface area contributed by atoms with Crippen molar-refractivity contribution in [2.24, 2.45) is 0 Å². The van der Waals surface area contributed by atoms with Gasteiger partial charge in [0, 0.05) is 111 Å². The molecule has 0 radical (unpaired) electrons. The molecular formula is C83H87BrF8N16O10S4. The van der Waals surface area contributed by atoms with Gasteiger partial charge in [-0.3, -0.25) is 14.7 Å². The van der Waals surface area contributed by atoms with Gasteiger partial charge in [0.15, 0.2) is 85.9 Å². The zero-order chi connectivity index (χ0) is 87.8. The number of morpholine rings is 1. The maximum Gasteiger partial charge on any atom is 0.221 e. The molecule has 1 amide bonds. The van der Waals surface area contributed by atoms with E-state index in [-0.39, 0.29) is 51.2 Å². The van der Waals surface area contributed by atoms with E-state index in [1.165, 1.54) is 37.8 Å². The van der Waals surface area contributed by atoms with Crippen molar-refractivity contribution < 1.29 is 78.3 Å². The number of hydrogen-bond donors (Lipinski definition) is 1. The third-order valence-electron chi connectivity index (χ3n) is 19.4. The van der Waals surface area contributed by atoms with Crippen LogP contribution in [0, 0.1) is 53.5 Å². The number of piperidine rings is 1. The topological polar surface area (TPSA) is 317 Å². The van der Waals surface area contributed by atoms with Gasteiger partial charge in [-0.2, -0.15) is 0 Å². The van der Waals surface area contributed by atoms with Crippen LogP contribution >= 0.6 is 15.9 Å². The summed E-state index contributed by atoms with van der Waals surface area (Å²) in [4.78, 5) is 20.1. The number of hydrogen-bond acceptors (Lipinski definition) is 21. The molecule has 5 aromatic heterocycles. The Hall–Kier alpha value is -10.8. The van der Waals surface area contributed by atoms with Crippen molar-refractivity contribution in [1.29, 1.82) is 0 Å². The van der Waals surface area contributed by atoms with Gasteiger partial charge >= 0.3 is 0 Å². The molecule has 7 aromatic carbocycles. The molecule has 0 atom stereocenters. The predicted molar refractivity (Wildman–Crippen MR) is 450 cm³/mol. The molecule has 1 N–H and O–H groups in total. The van der Waals surface area contributed by atoms with Crippen LogP contribution in [0.1, 0.15) is 101 Å². The van der Waals surface area contributed by atoms with Crippen molar-refractivity contribution in [2.75, 3.05) is 72.6 Å². The van der Waals surface area contributed by atoms with Gasteiger partial charge in [-0.15, -0.1) is 20.4 Å². The molecule has 0 bridgehead atoms. The fraction of sp³-hybridized carbons (Fsp3) is 0.325. The Morgan fingerprint density at radius 1 is 0.443 bits per heavy atom. The smallest absolute Gasteiger partial charge is 0.221 e. The number of nitrogens with one attached hydrogen (secondary N) is 1. The van der Waals surface area contributed by atoms with E-state index in [0.29, 0.717) is 71.3 Å². The molecular weight excluding hydrogens is 1740 g/mol. The fourth-order valence-electron chi connectivity index (χ4n) is 13.6. The van der Waals surface area contributed by atoms with Crippen LogP contribution in [0.3, 0.4) is 0 Å². The number of sulfone groups is 4. The van der Waals surface area contributed by atoms with E-state index < -0.39 is 132 Å². The molecule has 0 saturated carbocycles. The summed E-state index contributed by atoms with van der Waals surface area (Å²) >= 11 is 3.35. The highest BCUT2D eigenvalue weighted by molar-refractivity contribution is 9.10. The molecule has 39 heteroatoms. The highest BCUT2D eigenvalue weighted by Gasteiger charge is 2.30. The summed E-state index contributed by atoms with van der Waals surface area (Å²) in [5.74, 6) is -9.78. The van der Waals surface area contributed by atoms with Crippen LogP contribution in [0.5, 0.6) is 0 Å². The van der Waals surface area contributed by atoms with Gasteiger partial charge in [0.2, 0.25) is 5.91 Å². The molecule has 0 unspecified atom stereocenters. The van der Waals surface area contributed by atoms with Crippen molar-refractivity contribution in [1.82, 2.24) is 69.9 Å². The molecule has 12 aromatic rings. The number of anilines is 2. The van der Waals surface area contributed by atoms with Gasteiger partial charge < -0.3 is 15.0 Å². The molecule has 2 saturated heterocycles. The fourth-order valence-corrected chi connectivity index (χ4v) is 19.9. The number of amides is 1. The first-order valence-electron chi connectivity index (χ1n) is 38.8. The summed E-state index contributed by atoms with van der Waals surface area (Å²) in [6, 6.07) is 34.7. The number of benzene rings is 7. The Morgan fingerprint density at radius 3 is 1.15 bits per heavy atom. The van der Waals surface area contributed by atoms with E-state index in [0.717, 1.165) is 140 Å². The molecule has 646 valence electrons. The van der Waals surface area contributed by atoms with Gasteiger partial charge in [0.25, 0.3) is 0 Å². The summed E-state index contributed by atoms with van der Waals surface area (Å²) in [6.45, 7) is 15.6. The second kappa shape index (κ2) is 40.9. The normalized spacial score (nSPS) is 13.5. The van der Waals surface area contributed by atoms with E-state index in [4.69, 9.17) is 4.74 Å². The zero-order valence-electron chi connectivity index (χ0n) is 67.1. The van der Waals surface area contributed by atoms with Crippen LogP contribution in [-0.2, 0) is 71.9 Å². The molecule has 14 rings (SSSR count). The van der Waals surface area contributed by atoms with Crippen molar-refractivity contribution >= 4 is 72.6 Å². The van der Waals surface area contributed by atoms with Crippen LogP contribution in [-0.4, -0.2) is 178 Å². The van der Waals surface area contributed by atoms with E-state index in [1.807, 2.05) is 31.2 Å². The summed E-state index contributed by atoms with van der Waals surface area (Å²) in [5, 5.41) is 34.0. The average molecular weight is 1830 g/mol. The second-order valence-corrected chi connectivity index (χ2v) is 38.6. The lowest BCUT2D eigenvalue weighted by atomic mass is 10.0. The number of pyridine rings is 1. The van der Waals surface area contributed by atoms with Gasteiger partial charge in [0.05, 0.1) is 84.0 Å². The van der Waals surface area contributed by atoms with Gasteiger partial charge in [-0.25, -0.2) is 87.5 Å². The molecule has 122 heavy (non-hydrogen) atoms. The van der Waals surface area contributed by atoms with Crippen molar-refractivity contribution in [3.63, 3.8) is 0 Å². The van der Waals surface area contributed by atoms with Crippen LogP contribution in [0.4, 0.5) is 46.5 Å². The van der Waals surface area contributed by atoms with Crippen LogP contribution < -0.4 is 10.2 Å². The lowest BCUT2D eigenvalue weighted by Crippen LogP contribution is -2.49. The van der Waals surface area contributed by atoms with Crippen molar-refractivity contribution in [2.45, 2.75) is 109 Å². The SMILES string of the molecule is CCCS(=O)(=O)Cc1ccc(F)c(-n2cc(-c3ccc(C)nc3)nn2)c1F.CCCS(=O)(=O)Cc1ccc(F)c(-n2cc(-c3ccc(NC(C)=O)cc3)nn2)c1F.CCCS(=O)(=O)Cc1ccc(F)c(-n2cc(-c3cccc(Br)c3)nn2)c1F.CCCS(=O)(=O)Cc1ccc(F)c(-n2cc(-c3cccc(N4CCC(N5CCOCC5)CC4)c3)nn2)c1F. The number of ether oxygens (including phenoxy) is 1. The lowest BCUT2D eigenvalue weighted by Gasteiger charge is -2.40. The van der Waals surface area contributed by atoms with Crippen molar-refractivity contribution in [3.05, 3.63) is 243 Å². The van der Waals surface area contributed by atoms with Gasteiger partial charge in [-0.1, -0.05) is 125 Å². The summed E-state index contributed by atoms with van der Waals surface area (Å²) in [6.07, 6.45) is 11.0. The van der Waals surface area contributed by atoms with E-state index >= 15 is 4.39 Å². The first-order valence-corrected chi connectivity index (χ1v) is 46.9. The summed E-state index contributed by atoms with van der Waals surface area (Å²) < 4.78 is 224. The number of aromatic nitrogens is 13. The minimum atomic E-state index is -3.51. The Kier molecular flexibility index (Phi) is 30.8. The van der Waals surface area contributed by atoms with E-state index in [2.05, 4.69) is 83.3 Å². The molecule has 0 spiro atoms. The van der Waals surface area contributed by atoms with Crippen LogP contribution in [0.15, 0.2) is 169 Å². The number of rotatable bonds is 27. The third-order valence-corrected chi connectivity index (χ3v) is 27.0. The van der Waals surface area contributed by atoms with Crippen molar-refractivity contribution in [3.8, 4) is 67.8 Å². The highest BCUT2D eigenvalue weighted by atomic mass is 79.9. The zero-order valence-corrected chi connectivity index (χ0v) is 72.0. The maximum absolute atomic E-state index is 15.3. The highest BCUT2D eigenvalue weighted by Crippen LogP contribution is 2.33. The van der Waals surface area contributed by atoms with Gasteiger partial charge in [0.1, 0.15) is 45.5 Å². The monoisotopic (exact) mass is 1830 g/mol. The van der Waals surface area contributed by atoms with Gasteiger partial charge in [-0.05, 0) is 118 Å². The Labute approximate surface area is 709 Å². The first-order chi connectivity index (χ1) is 58.1.